The molecule has 0 saturated heterocycles. The van der Waals surface area contributed by atoms with Gasteiger partial charge in [0.25, 0.3) is 0 Å². The molecular formula is C20H20N2. The van der Waals surface area contributed by atoms with Crippen molar-refractivity contribution in [3.8, 4) is 0 Å². The van der Waals surface area contributed by atoms with Crippen LogP contribution in [0.25, 0.3) is 10.9 Å². The third-order valence-electron chi connectivity index (χ3n) is 5.31. The molecule has 110 valence electrons. The number of aromatic amines is 1. The summed E-state index contributed by atoms with van der Waals surface area (Å²) in [5.41, 5.74) is 8.65. The number of aromatic nitrogens is 1. The molecule has 2 nitrogen and oxygen atoms in total. The number of aryl methyl sites for hydroxylation is 2. The van der Waals surface area contributed by atoms with Crippen molar-refractivity contribution in [2.45, 2.75) is 31.7 Å². The zero-order chi connectivity index (χ0) is 14.5. The number of para-hydroxylation sites is 1. The third-order valence-corrected chi connectivity index (χ3v) is 5.31. The molecule has 2 aliphatic rings. The first-order valence-corrected chi connectivity index (χ1v) is 8.35. The Kier molecular flexibility index (Phi) is 2.68. The number of fused-ring (bicyclic) bond motifs is 4. The van der Waals surface area contributed by atoms with Crippen LogP contribution in [-0.2, 0) is 19.3 Å². The van der Waals surface area contributed by atoms with Gasteiger partial charge >= 0.3 is 0 Å². The summed E-state index contributed by atoms with van der Waals surface area (Å²) in [6, 6.07) is 16.1. The Morgan fingerprint density at radius 1 is 0.909 bits per heavy atom. The van der Waals surface area contributed by atoms with Crippen LogP contribution in [0.3, 0.4) is 0 Å². The lowest BCUT2D eigenvalue weighted by Gasteiger charge is -2.25. The molecule has 0 radical (unpaired) electrons. The standard InChI is InChI=1S/C20H20N2/c1-2-7-18-16(6-1)17-10-11-21-19(20(17)22-18)15-9-8-13-4-3-5-14(13)12-15/h1-2,6-9,12,19,21-22H,3-5,10-11H2/t19-/m1/s1. The van der Waals surface area contributed by atoms with Crippen LogP contribution in [0.2, 0.25) is 0 Å². The lowest BCUT2D eigenvalue weighted by atomic mass is 9.92. The Morgan fingerprint density at radius 2 is 1.82 bits per heavy atom. The molecule has 1 aliphatic carbocycles. The van der Waals surface area contributed by atoms with Gasteiger partial charge in [0, 0.05) is 23.1 Å². The van der Waals surface area contributed by atoms with Gasteiger partial charge in [-0.15, -0.1) is 0 Å². The Labute approximate surface area is 130 Å². The van der Waals surface area contributed by atoms with Crippen LogP contribution in [0.1, 0.15) is 40.4 Å². The fraction of sp³-hybridized carbons (Fsp3) is 0.300. The molecule has 5 rings (SSSR count). The molecule has 2 aromatic carbocycles. The lowest BCUT2D eigenvalue weighted by molar-refractivity contribution is 0.560. The minimum atomic E-state index is 0.307. The Hall–Kier alpha value is -2.06. The summed E-state index contributed by atoms with van der Waals surface area (Å²) in [4.78, 5) is 3.67. The number of benzene rings is 2. The normalized spacial score (nSPS) is 20.1. The zero-order valence-corrected chi connectivity index (χ0v) is 12.7. The first-order valence-electron chi connectivity index (χ1n) is 8.35. The summed E-state index contributed by atoms with van der Waals surface area (Å²) < 4.78 is 0. The first-order chi connectivity index (χ1) is 10.9. The van der Waals surface area contributed by atoms with Crippen molar-refractivity contribution in [2.75, 3.05) is 6.54 Å². The van der Waals surface area contributed by atoms with E-state index in [4.69, 9.17) is 0 Å². The van der Waals surface area contributed by atoms with E-state index < -0.39 is 0 Å². The number of hydrogen-bond donors (Lipinski definition) is 2. The van der Waals surface area contributed by atoms with Gasteiger partial charge in [-0.2, -0.15) is 0 Å². The van der Waals surface area contributed by atoms with Crippen LogP contribution in [0.15, 0.2) is 42.5 Å². The maximum atomic E-state index is 3.71. The van der Waals surface area contributed by atoms with Gasteiger partial charge in [-0.3, -0.25) is 0 Å². The van der Waals surface area contributed by atoms with Crippen LogP contribution in [-0.4, -0.2) is 11.5 Å². The molecule has 22 heavy (non-hydrogen) atoms. The van der Waals surface area contributed by atoms with Crippen LogP contribution in [0.4, 0.5) is 0 Å². The van der Waals surface area contributed by atoms with Gasteiger partial charge in [0.05, 0.1) is 6.04 Å². The second-order valence-electron chi connectivity index (χ2n) is 6.58. The maximum absolute atomic E-state index is 3.71. The minimum Gasteiger partial charge on any atom is -0.357 e. The molecule has 1 atom stereocenters. The van der Waals surface area contributed by atoms with Crippen molar-refractivity contribution < 1.29 is 0 Å². The molecular weight excluding hydrogens is 268 g/mol. The highest BCUT2D eigenvalue weighted by Gasteiger charge is 2.25. The molecule has 0 unspecified atom stereocenters. The van der Waals surface area contributed by atoms with Gasteiger partial charge in [-0.1, -0.05) is 36.4 Å². The molecule has 0 saturated carbocycles. The van der Waals surface area contributed by atoms with Crippen LogP contribution in [0, 0.1) is 0 Å². The third kappa shape index (κ3) is 1.77. The van der Waals surface area contributed by atoms with E-state index in [1.54, 1.807) is 11.1 Å². The topological polar surface area (TPSA) is 27.8 Å². The summed E-state index contributed by atoms with van der Waals surface area (Å²) in [5, 5.41) is 5.11. The summed E-state index contributed by atoms with van der Waals surface area (Å²) >= 11 is 0. The molecule has 3 aromatic rings. The van der Waals surface area contributed by atoms with E-state index in [0.29, 0.717) is 6.04 Å². The summed E-state index contributed by atoms with van der Waals surface area (Å²) in [7, 11) is 0. The molecule has 0 fully saturated rings. The minimum absolute atomic E-state index is 0.307. The van der Waals surface area contributed by atoms with Crippen LogP contribution < -0.4 is 5.32 Å². The molecule has 2 N–H and O–H groups in total. The maximum Gasteiger partial charge on any atom is 0.0732 e. The lowest BCUT2D eigenvalue weighted by Crippen LogP contribution is -2.30. The largest absolute Gasteiger partial charge is 0.357 e. The SMILES string of the molecule is c1ccc2c3c([nH]c2c1)[C@@H](c1ccc2c(c1)CCC2)NCC3. The summed E-state index contributed by atoms with van der Waals surface area (Å²) in [6.45, 7) is 1.05. The molecule has 0 bridgehead atoms. The van der Waals surface area contributed by atoms with E-state index >= 15 is 0 Å². The van der Waals surface area contributed by atoms with Gasteiger partial charge < -0.3 is 10.3 Å². The fourth-order valence-corrected chi connectivity index (χ4v) is 4.24. The van der Waals surface area contributed by atoms with E-state index in [1.165, 1.54) is 47.0 Å². The second-order valence-corrected chi connectivity index (χ2v) is 6.58. The quantitative estimate of drug-likeness (QED) is 0.698. The van der Waals surface area contributed by atoms with Crippen molar-refractivity contribution >= 4 is 10.9 Å². The van der Waals surface area contributed by atoms with Crippen molar-refractivity contribution in [3.05, 3.63) is 70.4 Å². The van der Waals surface area contributed by atoms with Crippen molar-refractivity contribution in [1.29, 1.82) is 0 Å². The highest BCUT2D eigenvalue weighted by atomic mass is 15.0. The van der Waals surface area contributed by atoms with E-state index in [1.807, 2.05) is 0 Å². The van der Waals surface area contributed by atoms with Crippen molar-refractivity contribution in [2.24, 2.45) is 0 Å². The average Bonchev–Trinajstić information content (AvgIpc) is 3.18. The Balaban J connectivity index is 1.65. The van der Waals surface area contributed by atoms with Gasteiger partial charge in [0.2, 0.25) is 0 Å². The van der Waals surface area contributed by atoms with Crippen LogP contribution in [0.5, 0.6) is 0 Å². The van der Waals surface area contributed by atoms with Gasteiger partial charge in [-0.25, -0.2) is 0 Å². The molecule has 2 heteroatoms. The number of hydrogen-bond acceptors (Lipinski definition) is 1. The van der Waals surface area contributed by atoms with Gasteiger partial charge in [0.15, 0.2) is 0 Å². The molecule has 1 aromatic heterocycles. The molecule has 0 amide bonds. The van der Waals surface area contributed by atoms with Gasteiger partial charge in [-0.05, 0) is 54.0 Å². The number of rotatable bonds is 1. The smallest absolute Gasteiger partial charge is 0.0732 e. The molecule has 0 spiro atoms. The summed E-state index contributed by atoms with van der Waals surface area (Å²) in [6.07, 6.45) is 4.93. The molecule has 2 heterocycles. The summed E-state index contributed by atoms with van der Waals surface area (Å²) in [5.74, 6) is 0. The number of nitrogens with one attached hydrogen (secondary N) is 2. The zero-order valence-electron chi connectivity index (χ0n) is 12.7. The van der Waals surface area contributed by atoms with Gasteiger partial charge in [0.1, 0.15) is 0 Å². The fourth-order valence-electron chi connectivity index (χ4n) is 4.24. The van der Waals surface area contributed by atoms with E-state index in [2.05, 4.69) is 52.8 Å². The number of H-pyrrole nitrogens is 1. The first kappa shape index (κ1) is 12.5. The second kappa shape index (κ2) is 4.72. The van der Waals surface area contributed by atoms with Crippen molar-refractivity contribution in [3.63, 3.8) is 0 Å². The van der Waals surface area contributed by atoms with Crippen molar-refractivity contribution in [1.82, 2.24) is 10.3 Å². The van der Waals surface area contributed by atoms with E-state index in [0.717, 1.165) is 13.0 Å². The predicted octanol–water partition coefficient (Wildman–Crippen LogP) is 3.89. The van der Waals surface area contributed by atoms with E-state index in [9.17, 15) is 0 Å². The Morgan fingerprint density at radius 3 is 2.82 bits per heavy atom. The molecule has 1 aliphatic heterocycles. The monoisotopic (exact) mass is 288 g/mol. The van der Waals surface area contributed by atoms with E-state index in [-0.39, 0.29) is 0 Å². The Bertz CT molecular complexity index is 859. The van der Waals surface area contributed by atoms with Crippen LogP contribution >= 0.6 is 0 Å². The average molecular weight is 288 g/mol. The highest BCUT2D eigenvalue weighted by molar-refractivity contribution is 5.85. The highest BCUT2D eigenvalue weighted by Crippen LogP contribution is 2.35. The predicted molar refractivity (Wildman–Crippen MR) is 90.3 cm³/mol.